The summed E-state index contributed by atoms with van der Waals surface area (Å²) in [6.07, 6.45) is 0.143. The van der Waals surface area contributed by atoms with E-state index in [0.29, 0.717) is 26.9 Å². The molecule has 3 N–H and O–H groups in total. The molecular weight excluding hydrogens is 587 g/mol. The van der Waals surface area contributed by atoms with E-state index in [1.807, 2.05) is 0 Å². The first-order chi connectivity index (χ1) is 19.0. The summed E-state index contributed by atoms with van der Waals surface area (Å²) < 4.78 is 36.0. The van der Waals surface area contributed by atoms with Crippen molar-refractivity contribution in [1.82, 2.24) is 24.5 Å². The Morgan fingerprint density at radius 2 is 1.93 bits per heavy atom. The number of carbonyl (C=O) groups is 2. The van der Waals surface area contributed by atoms with Crippen LogP contribution in [0.15, 0.2) is 42.7 Å². The molecule has 4 aromatic heterocycles. The normalized spacial score (nSPS) is 11.4. The lowest BCUT2D eigenvalue weighted by Crippen LogP contribution is -2.18. The van der Waals surface area contributed by atoms with Crippen LogP contribution in [-0.4, -0.2) is 36.4 Å². The molecule has 0 bridgehead atoms. The maximum atomic E-state index is 13.7. The Morgan fingerprint density at radius 3 is 2.55 bits per heavy atom. The minimum atomic E-state index is -2.87. The number of anilines is 1. The van der Waals surface area contributed by atoms with Gasteiger partial charge in [0.1, 0.15) is 15.4 Å². The lowest BCUT2D eigenvalue weighted by molar-refractivity contribution is 0.100. The Kier molecular flexibility index (Phi) is 7.45. The number of fused-ring (bicyclic) bond motifs is 1. The zero-order valence-corrected chi connectivity index (χ0v) is 23.1. The zero-order valence-electron chi connectivity index (χ0n) is 20.8. The summed E-state index contributed by atoms with van der Waals surface area (Å²) >= 11 is 13.0. The van der Waals surface area contributed by atoms with Crippen LogP contribution < -0.4 is 15.8 Å². The third kappa shape index (κ3) is 5.10. The molecule has 5 rings (SSSR count). The minimum absolute atomic E-state index is 0.0140. The van der Waals surface area contributed by atoms with E-state index < -0.39 is 23.9 Å². The fraction of sp³-hybridized carbons (Fsp3) is 0.160. The predicted molar refractivity (Wildman–Crippen MR) is 147 cm³/mol. The van der Waals surface area contributed by atoms with Gasteiger partial charge in [0.05, 0.1) is 21.9 Å². The second-order valence-corrected chi connectivity index (χ2v) is 10.3. The van der Waals surface area contributed by atoms with Crippen molar-refractivity contribution in [3.05, 3.63) is 74.7 Å². The Morgan fingerprint density at radius 1 is 1.20 bits per heavy atom. The number of nitrogens with one attached hydrogen (secondary N) is 1. The van der Waals surface area contributed by atoms with Crippen molar-refractivity contribution in [3.8, 4) is 16.9 Å². The second kappa shape index (κ2) is 10.8. The van der Waals surface area contributed by atoms with Gasteiger partial charge in [-0.3, -0.25) is 14.3 Å². The average Bonchev–Trinajstić information content (AvgIpc) is 3.61. The number of carbonyl (C=O) groups excluding carboxylic acids is 2. The molecule has 40 heavy (non-hydrogen) atoms. The molecule has 0 saturated carbocycles. The van der Waals surface area contributed by atoms with Crippen molar-refractivity contribution < 1.29 is 23.1 Å². The number of aryl methyl sites for hydroxylation is 1. The standard InChI is InChI=1S/C25H19Cl2F2N7O3S/c1-11-13(9-31-35(11)2)12-8-17(22(28)29)32-25-18(12)19(21(40-25)23(30)37)33-24(38)16-6-7-36(34-16)10-39-20-14(26)4-3-5-15(20)27/h3-9,22H,10H2,1-2H3,(H2,30,37)(H,33,38). The predicted octanol–water partition coefficient (Wildman–Crippen LogP) is 5.83. The topological polar surface area (TPSA) is 130 Å². The third-order valence-electron chi connectivity index (χ3n) is 6.03. The molecule has 0 aliphatic carbocycles. The van der Waals surface area contributed by atoms with Crippen LogP contribution in [0.25, 0.3) is 21.3 Å². The van der Waals surface area contributed by atoms with Crippen LogP contribution in [0.2, 0.25) is 10.0 Å². The number of halogens is 4. The quantitative estimate of drug-likeness (QED) is 0.229. The molecular formula is C25H19Cl2F2N7O3S. The van der Waals surface area contributed by atoms with Gasteiger partial charge >= 0.3 is 0 Å². The highest BCUT2D eigenvalue weighted by Gasteiger charge is 2.27. The first kappa shape index (κ1) is 27.5. The van der Waals surface area contributed by atoms with Crippen LogP contribution in [0, 0.1) is 6.92 Å². The number of para-hydroxylation sites is 1. The number of primary amides is 1. The molecule has 0 radical (unpaired) electrons. The van der Waals surface area contributed by atoms with Crippen LogP contribution in [0.5, 0.6) is 5.75 Å². The summed E-state index contributed by atoms with van der Waals surface area (Å²) in [5.41, 5.74) is 6.67. The first-order valence-corrected chi connectivity index (χ1v) is 13.1. The molecule has 206 valence electrons. The number of rotatable bonds is 8. The molecule has 0 unspecified atom stereocenters. The Labute approximate surface area is 239 Å². The molecule has 0 atom stereocenters. The number of amides is 2. The van der Waals surface area contributed by atoms with Crippen molar-refractivity contribution in [1.29, 1.82) is 0 Å². The van der Waals surface area contributed by atoms with Crippen molar-refractivity contribution in [2.75, 3.05) is 5.32 Å². The van der Waals surface area contributed by atoms with E-state index in [0.717, 1.165) is 11.3 Å². The van der Waals surface area contributed by atoms with Crippen LogP contribution in [0.3, 0.4) is 0 Å². The van der Waals surface area contributed by atoms with Crippen LogP contribution in [-0.2, 0) is 13.8 Å². The number of aromatic nitrogens is 5. The molecule has 0 spiro atoms. The zero-order chi connectivity index (χ0) is 28.7. The van der Waals surface area contributed by atoms with Crippen molar-refractivity contribution in [3.63, 3.8) is 0 Å². The maximum Gasteiger partial charge on any atom is 0.280 e. The third-order valence-corrected chi connectivity index (χ3v) is 7.72. The Hall–Kier alpha value is -4.07. The molecule has 10 nitrogen and oxygen atoms in total. The SMILES string of the molecule is Cc1c(-c2cc(C(F)F)nc3sc(C(N)=O)c(NC(=O)c4ccn(COc5c(Cl)cccc5Cl)n4)c23)cnn1C. The van der Waals surface area contributed by atoms with Gasteiger partial charge in [0, 0.05) is 29.9 Å². The van der Waals surface area contributed by atoms with E-state index >= 15 is 0 Å². The molecule has 0 aliphatic heterocycles. The largest absolute Gasteiger partial charge is 0.468 e. The highest BCUT2D eigenvalue weighted by atomic mass is 35.5. The van der Waals surface area contributed by atoms with Gasteiger partial charge in [-0.25, -0.2) is 18.4 Å². The highest BCUT2D eigenvalue weighted by Crippen LogP contribution is 2.43. The first-order valence-electron chi connectivity index (χ1n) is 11.5. The monoisotopic (exact) mass is 605 g/mol. The summed E-state index contributed by atoms with van der Waals surface area (Å²) in [6.45, 7) is 1.66. The van der Waals surface area contributed by atoms with E-state index in [4.69, 9.17) is 33.7 Å². The number of thiophene rings is 1. The van der Waals surface area contributed by atoms with Crippen molar-refractivity contribution in [2.24, 2.45) is 12.8 Å². The highest BCUT2D eigenvalue weighted by molar-refractivity contribution is 7.21. The molecule has 15 heteroatoms. The summed E-state index contributed by atoms with van der Waals surface area (Å²) in [7, 11) is 1.70. The smallest absolute Gasteiger partial charge is 0.280 e. The summed E-state index contributed by atoms with van der Waals surface area (Å²) in [6, 6.07) is 7.56. The molecule has 4 heterocycles. The minimum Gasteiger partial charge on any atom is -0.468 e. The van der Waals surface area contributed by atoms with Crippen LogP contribution in [0.4, 0.5) is 14.5 Å². The molecule has 0 saturated heterocycles. The number of pyridine rings is 1. The fourth-order valence-electron chi connectivity index (χ4n) is 3.98. The van der Waals surface area contributed by atoms with E-state index in [1.54, 1.807) is 36.9 Å². The van der Waals surface area contributed by atoms with E-state index in [-0.39, 0.29) is 39.0 Å². The number of alkyl halides is 2. The number of hydrogen-bond donors (Lipinski definition) is 2. The van der Waals surface area contributed by atoms with E-state index in [2.05, 4.69) is 20.5 Å². The van der Waals surface area contributed by atoms with Gasteiger partial charge in [0.15, 0.2) is 18.2 Å². The van der Waals surface area contributed by atoms with E-state index in [1.165, 1.54) is 29.2 Å². The molecule has 5 aromatic rings. The summed E-state index contributed by atoms with van der Waals surface area (Å²) in [4.78, 5) is 29.7. The molecule has 2 amide bonds. The summed E-state index contributed by atoms with van der Waals surface area (Å²) in [5.74, 6) is -1.28. The molecule has 1 aromatic carbocycles. The van der Waals surface area contributed by atoms with Gasteiger partial charge in [-0.1, -0.05) is 29.3 Å². The van der Waals surface area contributed by atoms with Gasteiger partial charge < -0.3 is 15.8 Å². The maximum absolute atomic E-state index is 13.7. The number of nitrogens with two attached hydrogens (primary N) is 1. The van der Waals surface area contributed by atoms with Crippen LogP contribution in [0.1, 0.15) is 38.0 Å². The van der Waals surface area contributed by atoms with Gasteiger partial charge in [0.2, 0.25) is 0 Å². The number of benzene rings is 1. The Balaban J connectivity index is 1.51. The lowest BCUT2D eigenvalue weighted by Gasteiger charge is -2.10. The van der Waals surface area contributed by atoms with Gasteiger partial charge in [-0.05, 0) is 36.8 Å². The van der Waals surface area contributed by atoms with Crippen LogP contribution >= 0.6 is 34.5 Å². The Bertz CT molecular complexity index is 1760. The summed E-state index contributed by atoms with van der Waals surface area (Å²) in [5, 5.41) is 12.0. The lowest BCUT2D eigenvalue weighted by atomic mass is 10.0. The molecule has 0 fully saturated rings. The molecule has 0 aliphatic rings. The van der Waals surface area contributed by atoms with E-state index in [9.17, 15) is 18.4 Å². The average molecular weight is 606 g/mol. The van der Waals surface area contributed by atoms with Gasteiger partial charge in [0.25, 0.3) is 18.2 Å². The number of nitrogens with zero attached hydrogens (tertiary/aromatic N) is 5. The number of ether oxygens (including phenoxy) is 1. The van der Waals surface area contributed by atoms with Crippen molar-refractivity contribution in [2.45, 2.75) is 20.1 Å². The van der Waals surface area contributed by atoms with Crippen molar-refractivity contribution >= 4 is 62.3 Å². The van der Waals surface area contributed by atoms with Gasteiger partial charge in [-0.15, -0.1) is 11.3 Å². The van der Waals surface area contributed by atoms with Gasteiger partial charge in [-0.2, -0.15) is 10.2 Å². The second-order valence-electron chi connectivity index (χ2n) is 8.53. The number of hydrogen-bond acceptors (Lipinski definition) is 7. The fourth-order valence-corrected chi connectivity index (χ4v) is 5.50.